The number of benzene rings is 1. The van der Waals surface area contributed by atoms with Gasteiger partial charge < -0.3 is 0 Å². The Bertz CT molecular complexity index is 302. The van der Waals surface area contributed by atoms with Gasteiger partial charge in [-0.15, -0.1) is 11.8 Å². The molecule has 1 rings (SSSR count). The van der Waals surface area contributed by atoms with Crippen molar-refractivity contribution < 1.29 is 10.0 Å². The fourth-order valence-electron chi connectivity index (χ4n) is 0.874. The summed E-state index contributed by atoms with van der Waals surface area (Å²) in [7, 11) is 0. The van der Waals surface area contributed by atoms with Crippen LogP contribution in [0.1, 0.15) is 5.56 Å². The van der Waals surface area contributed by atoms with Crippen LogP contribution < -0.4 is 5.48 Å². The van der Waals surface area contributed by atoms with E-state index in [4.69, 9.17) is 16.8 Å². The Labute approximate surface area is 91.4 Å². The van der Waals surface area contributed by atoms with Crippen LogP contribution in [0.25, 0.3) is 0 Å². The molecular weight excluding hydrogens is 222 g/mol. The van der Waals surface area contributed by atoms with Crippen LogP contribution >= 0.6 is 23.4 Å². The van der Waals surface area contributed by atoms with Gasteiger partial charge in [-0.1, -0.05) is 23.7 Å². The fourth-order valence-corrected chi connectivity index (χ4v) is 1.78. The Balaban J connectivity index is 2.31. The van der Waals surface area contributed by atoms with Crippen molar-refractivity contribution in [1.29, 1.82) is 0 Å². The zero-order valence-electron chi connectivity index (χ0n) is 7.37. The monoisotopic (exact) mass is 231 g/mol. The van der Waals surface area contributed by atoms with Gasteiger partial charge in [-0.05, 0) is 17.7 Å². The van der Waals surface area contributed by atoms with Gasteiger partial charge in [0.2, 0.25) is 0 Å². The van der Waals surface area contributed by atoms with Crippen LogP contribution in [-0.4, -0.2) is 16.9 Å². The first-order valence-electron chi connectivity index (χ1n) is 3.97. The molecule has 0 saturated heterocycles. The molecule has 76 valence electrons. The van der Waals surface area contributed by atoms with Gasteiger partial charge in [-0.2, -0.15) is 0 Å². The summed E-state index contributed by atoms with van der Waals surface area (Å²) in [5.41, 5.74) is 2.68. The molecule has 0 aliphatic rings. The highest BCUT2D eigenvalue weighted by Crippen LogP contribution is 2.14. The quantitative estimate of drug-likeness (QED) is 0.616. The highest BCUT2D eigenvalue weighted by atomic mass is 35.5. The molecule has 0 fully saturated rings. The molecule has 0 unspecified atom stereocenters. The van der Waals surface area contributed by atoms with E-state index in [9.17, 15) is 4.79 Å². The van der Waals surface area contributed by atoms with Crippen molar-refractivity contribution in [1.82, 2.24) is 5.48 Å². The molecule has 0 heterocycles. The summed E-state index contributed by atoms with van der Waals surface area (Å²) in [5, 5.41) is 8.94. The number of amides is 1. The van der Waals surface area contributed by atoms with Crippen molar-refractivity contribution >= 4 is 29.3 Å². The van der Waals surface area contributed by atoms with Gasteiger partial charge in [0.1, 0.15) is 0 Å². The van der Waals surface area contributed by atoms with E-state index < -0.39 is 0 Å². The van der Waals surface area contributed by atoms with Crippen LogP contribution in [0.3, 0.4) is 0 Å². The number of nitrogens with one attached hydrogen (secondary N) is 1. The topological polar surface area (TPSA) is 49.3 Å². The third-order valence-corrected chi connectivity index (χ3v) is 2.80. The van der Waals surface area contributed by atoms with E-state index in [0.717, 1.165) is 11.3 Å². The van der Waals surface area contributed by atoms with Crippen molar-refractivity contribution in [2.24, 2.45) is 0 Å². The van der Waals surface area contributed by atoms with Crippen LogP contribution in [0.15, 0.2) is 24.3 Å². The Morgan fingerprint density at radius 3 is 2.64 bits per heavy atom. The van der Waals surface area contributed by atoms with Gasteiger partial charge in [0.25, 0.3) is 5.91 Å². The minimum atomic E-state index is -0.385. The van der Waals surface area contributed by atoms with Crippen LogP contribution in [0.4, 0.5) is 0 Å². The van der Waals surface area contributed by atoms with E-state index in [2.05, 4.69) is 0 Å². The summed E-state index contributed by atoms with van der Waals surface area (Å²) < 4.78 is 0. The molecule has 1 aromatic carbocycles. The maximum Gasteiger partial charge on any atom is 0.253 e. The minimum absolute atomic E-state index is 0.249. The van der Waals surface area contributed by atoms with Crippen molar-refractivity contribution in [3.8, 4) is 0 Å². The smallest absolute Gasteiger partial charge is 0.253 e. The molecule has 1 amide bonds. The fraction of sp³-hybridized carbons (Fsp3) is 0.222. The predicted octanol–water partition coefficient (Wildman–Crippen LogP) is 2.08. The first-order chi connectivity index (χ1) is 6.72. The molecule has 0 aromatic heterocycles. The maximum atomic E-state index is 10.7. The summed E-state index contributed by atoms with van der Waals surface area (Å²) >= 11 is 7.14. The zero-order valence-corrected chi connectivity index (χ0v) is 8.94. The number of hydrogen-bond acceptors (Lipinski definition) is 3. The Morgan fingerprint density at radius 2 is 2.07 bits per heavy atom. The lowest BCUT2D eigenvalue weighted by atomic mass is 10.2. The largest absolute Gasteiger partial charge is 0.289 e. The normalized spacial score (nSPS) is 9.86. The molecule has 0 atom stereocenters. The van der Waals surface area contributed by atoms with Gasteiger partial charge in [0.15, 0.2) is 0 Å². The Kier molecular flexibility index (Phi) is 4.79. The van der Waals surface area contributed by atoms with Crippen LogP contribution in [0.5, 0.6) is 0 Å². The molecule has 0 spiro atoms. The molecule has 3 nitrogen and oxygen atoms in total. The number of carbonyl (C=O) groups excluding carboxylic acids is 1. The van der Waals surface area contributed by atoms with Gasteiger partial charge in [0, 0.05) is 10.8 Å². The number of rotatable bonds is 4. The molecule has 14 heavy (non-hydrogen) atoms. The molecule has 1 aromatic rings. The van der Waals surface area contributed by atoms with Crippen LogP contribution in [0.2, 0.25) is 5.02 Å². The highest BCUT2D eigenvalue weighted by molar-refractivity contribution is 7.99. The summed E-state index contributed by atoms with van der Waals surface area (Å²) in [6.07, 6.45) is 0. The lowest BCUT2D eigenvalue weighted by molar-refractivity contribution is -0.126. The van der Waals surface area contributed by atoms with Gasteiger partial charge in [-0.25, -0.2) is 5.48 Å². The predicted molar refractivity (Wildman–Crippen MR) is 57.5 cm³/mol. The third-order valence-electron chi connectivity index (χ3n) is 1.54. The summed E-state index contributed by atoms with van der Waals surface area (Å²) in [5.74, 6) is 0.591. The van der Waals surface area contributed by atoms with E-state index in [0.29, 0.717) is 5.02 Å². The SMILES string of the molecule is O=C(CSCc1ccc(Cl)cc1)NO. The van der Waals surface area contributed by atoms with Crippen molar-refractivity contribution in [2.45, 2.75) is 5.75 Å². The van der Waals surface area contributed by atoms with E-state index in [-0.39, 0.29) is 11.7 Å². The second-order valence-corrected chi connectivity index (χ2v) is 4.08. The highest BCUT2D eigenvalue weighted by Gasteiger charge is 1.99. The number of hydroxylamine groups is 1. The lowest BCUT2D eigenvalue weighted by Crippen LogP contribution is -2.20. The first kappa shape index (κ1) is 11.4. The van der Waals surface area contributed by atoms with Gasteiger partial charge in [0.05, 0.1) is 5.75 Å². The van der Waals surface area contributed by atoms with Crippen molar-refractivity contribution in [2.75, 3.05) is 5.75 Å². The summed E-state index contributed by atoms with van der Waals surface area (Å²) in [6.45, 7) is 0. The van der Waals surface area contributed by atoms with Crippen LogP contribution in [0, 0.1) is 0 Å². The molecule has 0 aliphatic heterocycles. The molecule has 0 bridgehead atoms. The summed E-state index contributed by atoms with van der Waals surface area (Å²) in [6, 6.07) is 7.44. The lowest BCUT2D eigenvalue weighted by Gasteiger charge is -2.00. The molecule has 0 aliphatic carbocycles. The standard InChI is InChI=1S/C9H10ClNO2S/c10-8-3-1-7(2-4-8)5-14-6-9(12)11-13/h1-4,13H,5-6H2,(H,11,12). The first-order valence-corrected chi connectivity index (χ1v) is 5.51. The maximum absolute atomic E-state index is 10.7. The number of carbonyl (C=O) groups is 1. The van der Waals surface area contributed by atoms with E-state index in [1.54, 1.807) is 5.48 Å². The molecule has 0 radical (unpaired) electrons. The van der Waals surface area contributed by atoms with Crippen molar-refractivity contribution in [3.63, 3.8) is 0 Å². The van der Waals surface area contributed by atoms with Crippen molar-refractivity contribution in [3.05, 3.63) is 34.9 Å². The number of thioether (sulfide) groups is 1. The second-order valence-electron chi connectivity index (χ2n) is 2.65. The number of halogens is 1. The zero-order chi connectivity index (χ0) is 10.4. The average molecular weight is 232 g/mol. The number of hydrogen-bond donors (Lipinski definition) is 2. The van der Waals surface area contributed by atoms with E-state index >= 15 is 0 Å². The van der Waals surface area contributed by atoms with Gasteiger partial charge in [-0.3, -0.25) is 10.0 Å². The Morgan fingerprint density at radius 1 is 1.43 bits per heavy atom. The summed E-state index contributed by atoms with van der Waals surface area (Å²) in [4.78, 5) is 10.7. The molecular formula is C9H10ClNO2S. The molecule has 0 saturated carbocycles. The average Bonchev–Trinajstić information content (AvgIpc) is 2.21. The van der Waals surface area contributed by atoms with E-state index in [1.807, 2.05) is 24.3 Å². The molecule has 2 N–H and O–H groups in total. The minimum Gasteiger partial charge on any atom is -0.289 e. The third kappa shape index (κ3) is 4.00. The van der Waals surface area contributed by atoms with Gasteiger partial charge >= 0.3 is 0 Å². The second kappa shape index (κ2) is 5.90. The molecule has 5 heteroatoms. The van der Waals surface area contributed by atoms with Crippen LogP contribution in [-0.2, 0) is 10.5 Å². The Hall–Kier alpha value is -0.710. The van der Waals surface area contributed by atoms with E-state index in [1.165, 1.54) is 11.8 Å².